The van der Waals surface area contributed by atoms with Crippen LogP contribution < -0.4 is 15.8 Å². The standard InChI is InChI=1S/C17H21ClF3N3O3/c1-9-5-12(13(27-2)6-11(9)18)23-15(25)8-24-7-10(16(22)26)3-4-14(24)17(19,20)21/h5-6,10,14H,3-4,7-8H2,1-2H3,(H2,22,26)(H,23,25)/t10-,14-/m1/s1. The molecule has 10 heteroatoms. The van der Waals surface area contributed by atoms with Gasteiger partial charge in [0.2, 0.25) is 11.8 Å². The maximum Gasteiger partial charge on any atom is 0.404 e. The fraction of sp³-hybridized carbons (Fsp3) is 0.529. The van der Waals surface area contributed by atoms with E-state index in [1.165, 1.54) is 13.2 Å². The number of anilines is 1. The molecular formula is C17H21ClF3N3O3. The number of nitrogens with two attached hydrogens (primary N) is 1. The molecule has 0 aromatic heterocycles. The number of primary amides is 1. The van der Waals surface area contributed by atoms with E-state index in [9.17, 15) is 22.8 Å². The van der Waals surface area contributed by atoms with Gasteiger partial charge in [-0.05, 0) is 31.4 Å². The van der Waals surface area contributed by atoms with Crippen LogP contribution in [0, 0.1) is 12.8 Å². The molecule has 3 N–H and O–H groups in total. The lowest BCUT2D eigenvalue weighted by Crippen LogP contribution is -2.55. The molecule has 1 aromatic carbocycles. The van der Waals surface area contributed by atoms with Crippen LogP contribution in [0.5, 0.6) is 5.75 Å². The van der Waals surface area contributed by atoms with Gasteiger partial charge in [-0.25, -0.2) is 0 Å². The Labute approximate surface area is 159 Å². The number of ether oxygens (including phenoxy) is 1. The topological polar surface area (TPSA) is 84.7 Å². The number of rotatable bonds is 5. The molecule has 1 heterocycles. The van der Waals surface area contributed by atoms with Crippen molar-refractivity contribution >= 4 is 29.1 Å². The van der Waals surface area contributed by atoms with E-state index in [0.717, 1.165) is 4.90 Å². The Kier molecular flexibility index (Phi) is 6.59. The largest absolute Gasteiger partial charge is 0.495 e. The SMILES string of the molecule is COc1cc(Cl)c(C)cc1NC(=O)CN1C[C@H](C(N)=O)CC[C@@H]1C(F)(F)F. The number of likely N-dealkylation sites (tertiary alicyclic amines) is 1. The Morgan fingerprint density at radius 2 is 2.04 bits per heavy atom. The minimum absolute atomic E-state index is 0.0435. The summed E-state index contributed by atoms with van der Waals surface area (Å²) in [6.45, 7) is 0.974. The van der Waals surface area contributed by atoms with Gasteiger partial charge in [-0.2, -0.15) is 13.2 Å². The summed E-state index contributed by atoms with van der Waals surface area (Å²) in [7, 11) is 1.39. The van der Waals surface area contributed by atoms with Crippen molar-refractivity contribution in [2.45, 2.75) is 32.0 Å². The fourth-order valence-electron chi connectivity index (χ4n) is 3.12. The van der Waals surface area contributed by atoms with Crippen molar-refractivity contribution in [1.29, 1.82) is 0 Å². The van der Waals surface area contributed by atoms with E-state index >= 15 is 0 Å². The highest BCUT2D eigenvalue weighted by atomic mass is 35.5. The second kappa shape index (κ2) is 8.35. The first-order chi connectivity index (χ1) is 12.5. The van der Waals surface area contributed by atoms with Crippen LogP contribution in [0.4, 0.5) is 18.9 Å². The third-order valence-electron chi connectivity index (χ3n) is 4.57. The molecule has 0 bridgehead atoms. The average Bonchev–Trinajstić information content (AvgIpc) is 2.56. The molecule has 1 aliphatic rings. The van der Waals surface area contributed by atoms with E-state index in [1.54, 1.807) is 13.0 Å². The highest BCUT2D eigenvalue weighted by Crippen LogP contribution is 2.34. The van der Waals surface area contributed by atoms with Crippen molar-refractivity contribution in [3.05, 3.63) is 22.7 Å². The molecule has 2 atom stereocenters. The maximum absolute atomic E-state index is 13.3. The number of benzene rings is 1. The number of nitrogens with zero attached hydrogens (tertiary/aromatic N) is 1. The minimum atomic E-state index is -4.50. The van der Waals surface area contributed by atoms with E-state index in [1.807, 2.05) is 0 Å². The fourth-order valence-corrected chi connectivity index (χ4v) is 3.28. The van der Waals surface area contributed by atoms with Crippen molar-refractivity contribution in [2.75, 3.05) is 25.5 Å². The minimum Gasteiger partial charge on any atom is -0.495 e. The Bertz CT molecular complexity index is 727. The lowest BCUT2D eigenvalue weighted by molar-refractivity contribution is -0.195. The predicted octanol–water partition coefficient (Wildman–Crippen LogP) is 2.72. The molecule has 1 saturated heterocycles. The molecule has 1 fully saturated rings. The number of nitrogens with one attached hydrogen (secondary N) is 1. The number of carbonyl (C=O) groups is 2. The quantitative estimate of drug-likeness (QED) is 0.786. The molecule has 2 amide bonds. The molecule has 1 aliphatic heterocycles. The summed E-state index contributed by atoms with van der Waals surface area (Å²) in [5.41, 5.74) is 6.21. The summed E-state index contributed by atoms with van der Waals surface area (Å²) in [6, 6.07) is 1.28. The first kappa shape index (κ1) is 21.3. The number of amides is 2. The summed E-state index contributed by atoms with van der Waals surface area (Å²) in [4.78, 5) is 24.7. The average molecular weight is 408 g/mol. The summed E-state index contributed by atoms with van der Waals surface area (Å²) in [6.07, 6.45) is -4.74. The zero-order valence-corrected chi connectivity index (χ0v) is 15.7. The maximum atomic E-state index is 13.3. The van der Waals surface area contributed by atoms with Gasteiger partial charge in [0.15, 0.2) is 0 Å². The molecular weight excluding hydrogens is 387 g/mol. The number of piperidine rings is 1. The smallest absolute Gasteiger partial charge is 0.404 e. The first-order valence-electron chi connectivity index (χ1n) is 8.27. The summed E-state index contributed by atoms with van der Waals surface area (Å²) in [5.74, 6) is -1.76. The number of aryl methyl sites for hydroxylation is 1. The highest BCUT2D eigenvalue weighted by molar-refractivity contribution is 6.31. The van der Waals surface area contributed by atoms with E-state index < -0.39 is 36.5 Å². The summed E-state index contributed by atoms with van der Waals surface area (Å²) < 4.78 is 45.0. The summed E-state index contributed by atoms with van der Waals surface area (Å²) >= 11 is 6.00. The first-order valence-corrected chi connectivity index (χ1v) is 8.64. The van der Waals surface area contributed by atoms with E-state index in [4.69, 9.17) is 22.1 Å². The highest BCUT2D eigenvalue weighted by Gasteiger charge is 2.47. The number of methoxy groups -OCH3 is 1. The molecule has 0 aliphatic carbocycles. The second-order valence-corrected chi connectivity index (χ2v) is 6.92. The third-order valence-corrected chi connectivity index (χ3v) is 4.97. The van der Waals surface area contributed by atoms with Crippen molar-refractivity contribution < 1.29 is 27.5 Å². The van der Waals surface area contributed by atoms with Gasteiger partial charge in [-0.3, -0.25) is 14.5 Å². The number of alkyl halides is 3. The lowest BCUT2D eigenvalue weighted by atomic mass is 9.92. The van der Waals surface area contributed by atoms with Gasteiger partial charge >= 0.3 is 6.18 Å². The number of halogens is 4. The Morgan fingerprint density at radius 1 is 1.37 bits per heavy atom. The van der Waals surface area contributed by atoms with Gasteiger partial charge in [0, 0.05) is 17.6 Å². The molecule has 0 spiro atoms. The van der Waals surface area contributed by atoms with Gasteiger partial charge in [0.1, 0.15) is 11.8 Å². The molecule has 0 unspecified atom stereocenters. The van der Waals surface area contributed by atoms with Crippen LogP contribution in [-0.4, -0.2) is 49.1 Å². The van der Waals surface area contributed by atoms with Crippen LogP contribution in [-0.2, 0) is 9.59 Å². The van der Waals surface area contributed by atoms with E-state index in [2.05, 4.69) is 5.32 Å². The van der Waals surface area contributed by atoms with Crippen LogP contribution in [0.3, 0.4) is 0 Å². The Morgan fingerprint density at radius 3 is 2.59 bits per heavy atom. The normalized spacial score (nSPS) is 21.0. The van der Waals surface area contributed by atoms with Gasteiger partial charge in [0.25, 0.3) is 0 Å². The van der Waals surface area contributed by atoms with Gasteiger partial charge < -0.3 is 15.8 Å². The second-order valence-electron chi connectivity index (χ2n) is 6.51. The predicted molar refractivity (Wildman–Crippen MR) is 94.7 cm³/mol. The van der Waals surface area contributed by atoms with Crippen LogP contribution in [0.1, 0.15) is 18.4 Å². The molecule has 1 aromatic rings. The van der Waals surface area contributed by atoms with Crippen molar-refractivity contribution in [1.82, 2.24) is 4.90 Å². The van der Waals surface area contributed by atoms with E-state index in [0.29, 0.717) is 22.0 Å². The summed E-state index contributed by atoms with van der Waals surface area (Å²) in [5, 5.41) is 2.98. The van der Waals surface area contributed by atoms with Crippen molar-refractivity contribution in [3.63, 3.8) is 0 Å². The number of hydrogen-bond acceptors (Lipinski definition) is 4. The molecule has 150 valence electrons. The zero-order valence-electron chi connectivity index (χ0n) is 14.9. The van der Waals surface area contributed by atoms with Gasteiger partial charge in [-0.1, -0.05) is 11.6 Å². The van der Waals surface area contributed by atoms with Gasteiger partial charge in [0.05, 0.1) is 25.3 Å². The number of hydrogen-bond donors (Lipinski definition) is 2. The van der Waals surface area contributed by atoms with Gasteiger partial charge in [-0.15, -0.1) is 0 Å². The van der Waals surface area contributed by atoms with Crippen molar-refractivity contribution in [2.24, 2.45) is 11.7 Å². The molecule has 0 saturated carbocycles. The van der Waals surface area contributed by atoms with Crippen LogP contribution >= 0.6 is 11.6 Å². The third kappa shape index (κ3) is 5.26. The van der Waals surface area contributed by atoms with E-state index in [-0.39, 0.29) is 19.4 Å². The van der Waals surface area contributed by atoms with Crippen LogP contribution in [0.25, 0.3) is 0 Å². The molecule has 0 radical (unpaired) electrons. The Hall–Kier alpha value is -2.00. The monoisotopic (exact) mass is 407 g/mol. The molecule has 2 rings (SSSR count). The van der Waals surface area contributed by atoms with Crippen LogP contribution in [0.15, 0.2) is 12.1 Å². The zero-order chi connectivity index (χ0) is 20.4. The molecule has 27 heavy (non-hydrogen) atoms. The number of carbonyl (C=O) groups excluding carboxylic acids is 2. The Balaban J connectivity index is 2.16. The molecule has 6 nitrogen and oxygen atoms in total. The van der Waals surface area contributed by atoms with Crippen LogP contribution in [0.2, 0.25) is 5.02 Å². The lowest BCUT2D eigenvalue weighted by Gasteiger charge is -2.39. The van der Waals surface area contributed by atoms with Crippen molar-refractivity contribution in [3.8, 4) is 5.75 Å².